The van der Waals surface area contributed by atoms with Crippen molar-refractivity contribution in [1.82, 2.24) is 9.97 Å². The van der Waals surface area contributed by atoms with E-state index in [-0.39, 0.29) is 16.4 Å². The van der Waals surface area contributed by atoms with Crippen LogP contribution in [0, 0.1) is 11.3 Å². The van der Waals surface area contributed by atoms with Crippen LogP contribution < -0.4 is 4.90 Å². The highest BCUT2D eigenvalue weighted by Crippen LogP contribution is 2.39. The molecular weight excluding hydrogens is 585 g/mol. The first kappa shape index (κ1) is 30.9. The number of nitriles is 1. The van der Waals surface area contributed by atoms with Gasteiger partial charge in [-0.15, -0.1) is 22.7 Å². The van der Waals surface area contributed by atoms with Crippen LogP contribution in [0.25, 0.3) is 26.5 Å². The quantitative estimate of drug-likeness (QED) is 0.144. The largest absolute Gasteiger partial charge is 0.477 e. The molecular formula is C36H34N4O2S2. The number of thiazole rings is 2. The van der Waals surface area contributed by atoms with E-state index in [9.17, 15) is 4.79 Å². The van der Waals surface area contributed by atoms with Crippen LogP contribution in [0.1, 0.15) is 57.5 Å². The number of rotatable bonds is 7. The van der Waals surface area contributed by atoms with Gasteiger partial charge >= 0.3 is 5.97 Å². The second kappa shape index (κ2) is 12.2. The minimum atomic E-state index is -1.26. The molecule has 1 N–H and O–H groups in total. The zero-order valence-electron chi connectivity index (χ0n) is 25.6. The van der Waals surface area contributed by atoms with Crippen LogP contribution in [0.15, 0.2) is 90.8 Å². The van der Waals surface area contributed by atoms with Crippen LogP contribution in [0.2, 0.25) is 0 Å². The summed E-state index contributed by atoms with van der Waals surface area (Å²) in [4.78, 5) is 24.0. The molecule has 222 valence electrons. The lowest BCUT2D eigenvalue weighted by molar-refractivity contribution is -0.132. The maximum Gasteiger partial charge on any atom is 0.346 e. The number of benzene rings is 3. The first-order valence-electron chi connectivity index (χ1n) is 14.2. The summed E-state index contributed by atoms with van der Waals surface area (Å²) in [5.74, 6) is -1.26. The van der Waals surface area contributed by atoms with Crippen LogP contribution in [-0.2, 0) is 15.6 Å². The molecule has 2 aromatic heterocycles. The van der Waals surface area contributed by atoms with Crippen molar-refractivity contribution in [3.8, 4) is 26.5 Å². The number of hydrogen-bond acceptors (Lipinski definition) is 7. The van der Waals surface area contributed by atoms with Gasteiger partial charge in [0.25, 0.3) is 0 Å². The van der Waals surface area contributed by atoms with E-state index in [1.54, 1.807) is 12.3 Å². The van der Waals surface area contributed by atoms with E-state index in [0.29, 0.717) is 9.88 Å². The molecule has 0 spiro atoms. The molecule has 44 heavy (non-hydrogen) atoms. The summed E-state index contributed by atoms with van der Waals surface area (Å²) < 4.78 is 0. The highest BCUT2D eigenvalue weighted by molar-refractivity contribution is 7.23. The number of aliphatic carboxylic acids is 1. The molecule has 0 aliphatic carbocycles. The zero-order valence-corrected chi connectivity index (χ0v) is 27.3. The molecule has 0 amide bonds. The monoisotopic (exact) mass is 618 g/mol. The summed E-state index contributed by atoms with van der Waals surface area (Å²) in [5.41, 5.74) is 6.66. The molecule has 0 bridgehead atoms. The van der Waals surface area contributed by atoms with Gasteiger partial charge in [-0.2, -0.15) is 5.26 Å². The first-order valence-corrected chi connectivity index (χ1v) is 15.9. The van der Waals surface area contributed by atoms with Crippen molar-refractivity contribution in [2.24, 2.45) is 0 Å². The van der Waals surface area contributed by atoms with Gasteiger partial charge in [0.2, 0.25) is 0 Å². The molecule has 0 aliphatic heterocycles. The zero-order chi connectivity index (χ0) is 31.6. The Labute approximate surface area is 266 Å². The molecule has 0 saturated heterocycles. The SMILES string of the molecule is CC(C)(C)c1ccc(N(c2ccc(-c3cnc(-c4ncc(/C=C(/C#N)C(=O)O)s4)s3)cc2)c2ccc(C(C)(C)C)cc2)cc1. The normalized spacial score (nSPS) is 12.2. The third kappa shape index (κ3) is 6.80. The molecule has 5 aromatic rings. The lowest BCUT2D eigenvalue weighted by atomic mass is 9.86. The average molecular weight is 619 g/mol. The molecule has 2 heterocycles. The second-order valence-corrected chi connectivity index (χ2v) is 14.6. The number of anilines is 3. The smallest absolute Gasteiger partial charge is 0.346 e. The third-order valence-corrected chi connectivity index (χ3v) is 9.38. The molecule has 5 rings (SSSR count). The molecule has 0 saturated carbocycles. The maximum absolute atomic E-state index is 11.2. The van der Waals surface area contributed by atoms with E-state index < -0.39 is 5.97 Å². The second-order valence-electron chi connectivity index (χ2n) is 12.5. The fourth-order valence-electron chi connectivity index (χ4n) is 4.69. The summed E-state index contributed by atoms with van der Waals surface area (Å²) >= 11 is 2.82. The van der Waals surface area contributed by atoms with Crippen LogP contribution in [0.5, 0.6) is 0 Å². The molecule has 0 aliphatic rings. The molecule has 0 fully saturated rings. The van der Waals surface area contributed by atoms with Gasteiger partial charge in [-0.1, -0.05) is 77.9 Å². The predicted molar refractivity (Wildman–Crippen MR) is 182 cm³/mol. The topological polar surface area (TPSA) is 90.1 Å². The minimum Gasteiger partial charge on any atom is -0.477 e. The van der Waals surface area contributed by atoms with Gasteiger partial charge in [-0.25, -0.2) is 14.8 Å². The van der Waals surface area contributed by atoms with Crippen LogP contribution >= 0.6 is 22.7 Å². The van der Waals surface area contributed by atoms with Gasteiger partial charge in [-0.05, 0) is 70.0 Å². The summed E-state index contributed by atoms with van der Waals surface area (Å²) in [7, 11) is 0. The van der Waals surface area contributed by atoms with Gasteiger partial charge < -0.3 is 10.0 Å². The van der Waals surface area contributed by atoms with Gasteiger partial charge in [0.1, 0.15) is 11.6 Å². The summed E-state index contributed by atoms with van der Waals surface area (Å²) in [6.07, 6.45) is 4.72. The van der Waals surface area contributed by atoms with E-state index >= 15 is 0 Å². The number of carboxylic acids is 1. The van der Waals surface area contributed by atoms with E-state index in [2.05, 4.69) is 129 Å². The lowest BCUT2D eigenvalue weighted by Crippen LogP contribution is -2.14. The Hall–Kier alpha value is -4.58. The highest BCUT2D eigenvalue weighted by atomic mass is 32.1. The Morgan fingerprint density at radius 1 is 0.750 bits per heavy atom. The van der Waals surface area contributed by atoms with Crippen molar-refractivity contribution in [2.75, 3.05) is 4.90 Å². The number of hydrogen-bond donors (Lipinski definition) is 1. The van der Waals surface area contributed by atoms with Crippen LogP contribution in [0.3, 0.4) is 0 Å². The Morgan fingerprint density at radius 2 is 1.20 bits per heavy atom. The summed E-state index contributed by atoms with van der Waals surface area (Å²) in [6.45, 7) is 13.4. The van der Waals surface area contributed by atoms with Crippen molar-refractivity contribution in [2.45, 2.75) is 52.4 Å². The van der Waals surface area contributed by atoms with E-state index in [4.69, 9.17) is 10.4 Å². The molecule has 0 unspecified atom stereocenters. The predicted octanol–water partition coefficient (Wildman–Crippen LogP) is 9.99. The van der Waals surface area contributed by atoms with Gasteiger partial charge in [-0.3, -0.25) is 0 Å². The van der Waals surface area contributed by atoms with Crippen LogP contribution in [0.4, 0.5) is 17.1 Å². The number of carboxylic acid groups (broad SMARTS) is 1. The third-order valence-electron chi connectivity index (χ3n) is 7.24. The van der Waals surface area contributed by atoms with E-state index in [1.807, 2.05) is 6.20 Å². The van der Waals surface area contributed by atoms with Crippen molar-refractivity contribution in [3.63, 3.8) is 0 Å². The molecule has 6 nitrogen and oxygen atoms in total. The molecule has 8 heteroatoms. The van der Waals surface area contributed by atoms with Crippen LogP contribution in [-0.4, -0.2) is 21.0 Å². The molecule has 3 aromatic carbocycles. The fourth-order valence-corrected chi connectivity index (χ4v) is 6.50. The Kier molecular flexibility index (Phi) is 8.55. The van der Waals surface area contributed by atoms with E-state index in [0.717, 1.165) is 32.5 Å². The Morgan fingerprint density at radius 3 is 1.66 bits per heavy atom. The number of aromatic nitrogens is 2. The summed E-state index contributed by atoms with van der Waals surface area (Å²) in [6, 6.07) is 27.8. The number of nitrogens with zero attached hydrogens (tertiary/aromatic N) is 4. The Balaban J connectivity index is 1.45. The fraction of sp³-hybridized carbons (Fsp3) is 0.222. The van der Waals surface area contributed by atoms with E-state index in [1.165, 1.54) is 39.9 Å². The lowest BCUT2D eigenvalue weighted by Gasteiger charge is -2.28. The standard InChI is InChI=1S/C36H34N4O2S2/c1-35(2,3)25-9-15-28(16-10-25)40(29-17-11-26(12-18-29)36(4,5)6)27-13-7-23(8-14-27)31-22-39-33(44-31)32-38-21-30(43-32)19-24(20-37)34(41)42/h7-19,21-22H,1-6H3,(H,41,42)/b24-19-. The summed E-state index contributed by atoms with van der Waals surface area (Å²) in [5, 5.41) is 19.6. The number of carbonyl (C=O) groups is 1. The molecule has 0 atom stereocenters. The van der Waals surface area contributed by atoms with Gasteiger partial charge in [0, 0.05) is 34.3 Å². The Bertz CT molecular complexity index is 1790. The minimum absolute atomic E-state index is 0.0713. The van der Waals surface area contributed by atoms with Crippen molar-refractivity contribution >= 4 is 51.8 Å². The van der Waals surface area contributed by atoms with Crippen molar-refractivity contribution in [3.05, 3.63) is 107 Å². The van der Waals surface area contributed by atoms with Gasteiger partial charge in [0.15, 0.2) is 10.0 Å². The highest BCUT2D eigenvalue weighted by Gasteiger charge is 2.19. The van der Waals surface area contributed by atoms with Crippen molar-refractivity contribution < 1.29 is 9.90 Å². The van der Waals surface area contributed by atoms with Crippen molar-refractivity contribution in [1.29, 1.82) is 5.26 Å². The maximum atomic E-state index is 11.2. The molecule has 0 radical (unpaired) electrons. The van der Waals surface area contributed by atoms with Gasteiger partial charge in [0.05, 0.1) is 4.88 Å². The first-order chi connectivity index (χ1) is 20.8. The average Bonchev–Trinajstić information content (AvgIpc) is 3.66.